The number of ether oxygens (including phenoxy) is 2. The molecule has 0 aliphatic carbocycles. The van der Waals surface area contributed by atoms with E-state index in [9.17, 15) is 9.59 Å². The van der Waals surface area contributed by atoms with E-state index in [2.05, 4.69) is 0 Å². The van der Waals surface area contributed by atoms with E-state index in [1.165, 1.54) is 0 Å². The van der Waals surface area contributed by atoms with Crippen molar-refractivity contribution in [2.24, 2.45) is 0 Å². The van der Waals surface area contributed by atoms with Gasteiger partial charge < -0.3 is 19.1 Å². The molecular weight excluding hydrogens is 136 g/mol. The van der Waals surface area contributed by atoms with E-state index in [1.54, 1.807) is 0 Å². The molecule has 1 aliphatic rings. The Morgan fingerprint density at radius 1 is 1.50 bits per heavy atom. The molecule has 1 atom stereocenters. The molecule has 1 fully saturated rings. The highest BCUT2D eigenvalue weighted by Gasteiger charge is 2.35. The topological polar surface area (TPSA) is 52.6 Å². The second-order valence-electron chi connectivity index (χ2n) is 2.16. The van der Waals surface area contributed by atoms with Gasteiger partial charge in [-0.15, -0.1) is 0 Å². The fourth-order valence-electron chi connectivity index (χ4n) is 0.790. The number of carbonyl (C=O) groups is 2. The van der Waals surface area contributed by atoms with Gasteiger partial charge in [0.2, 0.25) is 0 Å². The van der Waals surface area contributed by atoms with Gasteiger partial charge in [0.1, 0.15) is 13.1 Å². The van der Waals surface area contributed by atoms with Crippen molar-refractivity contribution >= 4 is 12.6 Å². The Hall–Kier alpha value is -0.740. The van der Waals surface area contributed by atoms with Gasteiger partial charge in [-0.25, -0.2) is 0 Å². The molecule has 1 saturated heterocycles. The van der Waals surface area contributed by atoms with Crippen LogP contribution in [0.5, 0.6) is 0 Å². The standard InChI is InChI=1S/C6H8O4/c7-2-1-6(3-8)4-9-5-10-6/h2-3H,1,4-5H2. The van der Waals surface area contributed by atoms with Crippen LogP contribution < -0.4 is 0 Å². The monoisotopic (exact) mass is 144 g/mol. The van der Waals surface area contributed by atoms with Crippen LogP contribution in [0.3, 0.4) is 0 Å². The molecule has 0 bridgehead atoms. The fraction of sp³-hybridized carbons (Fsp3) is 0.667. The first kappa shape index (κ1) is 7.37. The zero-order valence-electron chi connectivity index (χ0n) is 5.41. The van der Waals surface area contributed by atoms with Crippen LogP contribution in [-0.2, 0) is 19.1 Å². The number of rotatable bonds is 3. The molecule has 4 nitrogen and oxygen atoms in total. The summed E-state index contributed by atoms with van der Waals surface area (Å²) in [5.41, 5.74) is -0.984. The van der Waals surface area contributed by atoms with Crippen molar-refractivity contribution in [2.45, 2.75) is 12.0 Å². The summed E-state index contributed by atoms with van der Waals surface area (Å²) in [5.74, 6) is 0. The Kier molecular flexibility index (Phi) is 2.13. The minimum absolute atomic E-state index is 0.0799. The number of hydrogen-bond acceptors (Lipinski definition) is 4. The Bertz CT molecular complexity index is 137. The molecule has 1 rings (SSSR count). The summed E-state index contributed by atoms with van der Waals surface area (Å²) >= 11 is 0. The molecule has 0 amide bonds. The third-order valence-electron chi connectivity index (χ3n) is 1.42. The summed E-state index contributed by atoms with van der Waals surface area (Å²) in [6.07, 6.45) is 1.36. The van der Waals surface area contributed by atoms with Gasteiger partial charge in [0.15, 0.2) is 11.9 Å². The van der Waals surface area contributed by atoms with Crippen molar-refractivity contribution in [2.75, 3.05) is 13.4 Å². The third-order valence-corrected chi connectivity index (χ3v) is 1.42. The van der Waals surface area contributed by atoms with Crippen molar-refractivity contribution in [3.8, 4) is 0 Å². The lowest BCUT2D eigenvalue weighted by Gasteiger charge is -2.14. The largest absolute Gasteiger partial charge is 0.352 e. The molecule has 1 aliphatic heterocycles. The van der Waals surface area contributed by atoms with Crippen LogP contribution in [0.2, 0.25) is 0 Å². The minimum Gasteiger partial charge on any atom is -0.352 e. The molecule has 0 spiro atoms. The fourth-order valence-corrected chi connectivity index (χ4v) is 0.790. The summed E-state index contributed by atoms with van der Waals surface area (Å²) in [6, 6.07) is 0. The van der Waals surface area contributed by atoms with Crippen LogP contribution in [-0.4, -0.2) is 31.6 Å². The Labute approximate surface area is 58.1 Å². The summed E-state index contributed by atoms with van der Waals surface area (Å²) in [7, 11) is 0. The van der Waals surface area contributed by atoms with Crippen LogP contribution in [0.1, 0.15) is 6.42 Å². The van der Waals surface area contributed by atoms with Gasteiger partial charge in [0, 0.05) is 6.42 Å². The maximum absolute atomic E-state index is 10.4. The molecule has 0 radical (unpaired) electrons. The smallest absolute Gasteiger partial charge is 0.156 e. The lowest BCUT2D eigenvalue weighted by Crippen LogP contribution is -2.33. The van der Waals surface area contributed by atoms with Gasteiger partial charge in [-0.2, -0.15) is 0 Å². The average molecular weight is 144 g/mol. The van der Waals surface area contributed by atoms with Crippen LogP contribution in [0.4, 0.5) is 0 Å². The molecular formula is C6H8O4. The van der Waals surface area contributed by atoms with Crippen molar-refractivity contribution < 1.29 is 19.1 Å². The van der Waals surface area contributed by atoms with Gasteiger partial charge in [-0.1, -0.05) is 0 Å². The SMILES string of the molecule is O=CCC1(C=O)COCO1. The van der Waals surface area contributed by atoms with Crippen molar-refractivity contribution in [3.63, 3.8) is 0 Å². The van der Waals surface area contributed by atoms with Gasteiger partial charge >= 0.3 is 0 Å². The summed E-state index contributed by atoms with van der Waals surface area (Å²) in [6.45, 7) is 0.293. The van der Waals surface area contributed by atoms with Gasteiger partial charge in [-0.05, 0) is 0 Å². The van der Waals surface area contributed by atoms with E-state index in [1.807, 2.05) is 0 Å². The average Bonchev–Trinajstić information content (AvgIpc) is 2.39. The molecule has 10 heavy (non-hydrogen) atoms. The highest BCUT2D eigenvalue weighted by atomic mass is 16.7. The second kappa shape index (κ2) is 2.90. The van der Waals surface area contributed by atoms with Crippen LogP contribution in [0.25, 0.3) is 0 Å². The van der Waals surface area contributed by atoms with Crippen molar-refractivity contribution in [3.05, 3.63) is 0 Å². The zero-order valence-corrected chi connectivity index (χ0v) is 5.41. The van der Waals surface area contributed by atoms with Crippen LogP contribution >= 0.6 is 0 Å². The molecule has 1 unspecified atom stereocenters. The van der Waals surface area contributed by atoms with E-state index < -0.39 is 5.60 Å². The normalized spacial score (nSPS) is 32.0. The van der Waals surface area contributed by atoms with Crippen LogP contribution in [0, 0.1) is 0 Å². The summed E-state index contributed by atoms with van der Waals surface area (Å²) in [5, 5.41) is 0. The van der Waals surface area contributed by atoms with E-state index >= 15 is 0 Å². The minimum atomic E-state index is -0.984. The molecule has 0 saturated carbocycles. The Morgan fingerprint density at radius 2 is 2.30 bits per heavy atom. The number of hydrogen-bond donors (Lipinski definition) is 0. The van der Waals surface area contributed by atoms with Gasteiger partial charge in [0.05, 0.1) is 6.61 Å². The first-order valence-electron chi connectivity index (χ1n) is 2.95. The number of aldehydes is 2. The highest BCUT2D eigenvalue weighted by Crippen LogP contribution is 2.18. The van der Waals surface area contributed by atoms with Gasteiger partial charge in [-0.3, -0.25) is 0 Å². The molecule has 56 valence electrons. The molecule has 1 heterocycles. The lowest BCUT2D eigenvalue weighted by molar-refractivity contribution is -0.129. The summed E-state index contributed by atoms with van der Waals surface area (Å²) in [4.78, 5) is 20.4. The molecule has 0 aromatic rings. The molecule has 4 heteroatoms. The van der Waals surface area contributed by atoms with Crippen molar-refractivity contribution in [1.29, 1.82) is 0 Å². The van der Waals surface area contributed by atoms with E-state index in [4.69, 9.17) is 9.47 Å². The number of carbonyl (C=O) groups excluding carboxylic acids is 2. The maximum atomic E-state index is 10.4. The van der Waals surface area contributed by atoms with E-state index in [-0.39, 0.29) is 19.8 Å². The van der Waals surface area contributed by atoms with Crippen molar-refractivity contribution in [1.82, 2.24) is 0 Å². The first-order valence-corrected chi connectivity index (χ1v) is 2.95. The van der Waals surface area contributed by atoms with Gasteiger partial charge in [0.25, 0.3) is 0 Å². The molecule has 0 aromatic heterocycles. The Morgan fingerprint density at radius 3 is 2.70 bits per heavy atom. The molecule has 0 aromatic carbocycles. The predicted molar refractivity (Wildman–Crippen MR) is 31.4 cm³/mol. The summed E-state index contributed by atoms with van der Waals surface area (Å²) < 4.78 is 9.70. The lowest BCUT2D eigenvalue weighted by atomic mass is 10.1. The molecule has 0 N–H and O–H groups in total. The zero-order chi connectivity index (χ0) is 7.45. The van der Waals surface area contributed by atoms with E-state index in [0.717, 1.165) is 0 Å². The quantitative estimate of drug-likeness (QED) is 0.502. The second-order valence-corrected chi connectivity index (χ2v) is 2.16. The van der Waals surface area contributed by atoms with E-state index in [0.29, 0.717) is 12.6 Å². The van der Waals surface area contributed by atoms with Crippen LogP contribution in [0.15, 0.2) is 0 Å². The highest BCUT2D eigenvalue weighted by molar-refractivity contribution is 5.69. The first-order chi connectivity index (χ1) is 4.83. The maximum Gasteiger partial charge on any atom is 0.156 e. The predicted octanol–water partition coefficient (Wildman–Crippen LogP) is -0.483. The Balaban J connectivity index is 2.57. The third kappa shape index (κ3) is 1.22.